The molecule has 0 fully saturated rings. The molecular formula is C13H22ClNO3. The van der Waals surface area contributed by atoms with Crippen LogP contribution >= 0.6 is 12.4 Å². The lowest BCUT2D eigenvalue weighted by atomic mass is 9.83. The van der Waals surface area contributed by atoms with Gasteiger partial charge in [-0.25, -0.2) is 0 Å². The van der Waals surface area contributed by atoms with E-state index < -0.39 is 6.10 Å². The first-order valence-corrected chi connectivity index (χ1v) is 5.67. The summed E-state index contributed by atoms with van der Waals surface area (Å²) in [6.07, 6.45) is -0.466. The third kappa shape index (κ3) is 4.37. The minimum atomic E-state index is -0.829. The van der Waals surface area contributed by atoms with Gasteiger partial charge in [-0.05, 0) is 24.0 Å². The molecule has 0 aromatic heterocycles. The van der Waals surface area contributed by atoms with Crippen molar-refractivity contribution in [1.82, 2.24) is 0 Å². The van der Waals surface area contributed by atoms with Crippen LogP contribution in [0.4, 0.5) is 0 Å². The van der Waals surface area contributed by atoms with Crippen molar-refractivity contribution in [2.24, 2.45) is 11.1 Å². The van der Waals surface area contributed by atoms with Crippen LogP contribution in [0.15, 0.2) is 18.2 Å². The number of nitrogens with two attached hydrogens (primary N) is 1. The molecular weight excluding hydrogens is 254 g/mol. The Kier molecular flexibility index (Phi) is 5.93. The van der Waals surface area contributed by atoms with E-state index in [9.17, 15) is 10.2 Å². The molecule has 2 atom stereocenters. The number of aliphatic hydroxyl groups excluding tert-OH is 1. The molecule has 0 saturated heterocycles. The number of rotatable bonds is 3. The van der Waals surface area contributed by atoms with Crippen molar-refractivity contribution < 1.29 is 15.3 Å². The van der Waals surface area contributed by atoms with Crippen LogP contribution in [0, 0.1) is 5.41 Å². The fraction of sp³-hybridized carbons (Fsp3) is 0.538. The average molecular weight is 276 g/mol. The van der Waals surface area contributed by atoms with Crippen LogP contribution in [0.5, 0.6) is 11.5 Å². The lowest BCUT2D eigenvalue weighted by molar-refractivity contribution is 0.130. The highest BCUT2D eigenvalue weighted by atomic mass is 35.5. The van der Waals surface area contributed by atoms with E-state index in [1.165, 1.54) is 18.2 Å². The number of aliphatic hydroxyl groups is 1. The van der Waals surface area contributed by atoms with Crippen molar-refractivity contribution in [2.45, 2.75) is 39.3 Å². The lowest BCUT2D eigenvalue weighted by Gasteiger charge is -2.29. The van der Waals surface area contributed by atoms with E-state index in [2.05, 4.69) is 0 Å². The quantitative estimate of drug-likeness (QED) is 0.682. The predicted octanol–water partition coefficient (Wildman–Crippen LogP) is 2.32. The summed E-state index contributed by atoms with van der Waals surface area (Å²) in [5.41, 5.74) is 6.27. The average Bonchev–Trinajstić information content (AvgIpc) is 2.15. The first-order chi connectivity index (χ1) is 7.71. The molecule has 0 amide bonds. The summed E-state index contributed by atoms with van der Waals surface area (Å²) in [5, 5.41) is 28.8. The van der Waals surface area contributed by atoms with E-state index in [1.54, 1.807) is 0 Å². The number of hydrogen-bond acceptors (Lipinski definition) is 4. The van der Waals surface area contributed by atoms with Crippen molar-refractivity contribution in [2.75, 3.05) is 0 Å². The zero-order chi connectivity index (χ0) is 13.2. The molecule has 0 bridgehead atoms. The Balaban J connectivity index is 0.00000289. The van der Waals surface area contributed by atoms with E-state index in [1.807, 2.05) is 20.8 Å². The molecule has 1 rings (SSSR count). The predicted molar refractivity (Wildman–Crippen MR) is 74.0 cm³/mol. The Morgan fingerprint density at radius 1 is 1.22 bits per heavy atom. The monoisotopic (exact) mass is 275 g/mol. The third-order valence-electron chi connectivity index (χ3n) is 2.96. The fourth-order valence-electron chi connectivity index (χ4n) is 1.53. The summed E-state index contributed by atoms with van der Waals surface area (Å²) >= 11 is 0. The van der Waals surface area contributed by atoms with Gasteiger partial charge in [-0.2, -0.15) is 0 Å². The van der Waals surface area contributed by atoms with Crippen LogP contribution < -0.4 is 5.73 Å². The molecule has 0 spiro atoms. The summed E-state index contributed by atoms with van der Waals surface area (Å²) in [6, 6.07) is 3.97. The second-order valence-electron chi connectivity index (χ2n) is 5.47. The number of hydrogen-bond donors (Lipinski definition) is 4. The highest BCUT2D eigenvalue weighted by molar-refractivity contribution is 5.85. The van der Waals surface area contributed by atoms with Gasteiger partial charge in [-0.15, -0.1) is 12.4 Å². The topological polar surface area (TPSA) is 86.7 Å². The summed E-state index contributed by atoms with van der Waals surface area (Å²) in [4.78, 5) is 0. The summed E-state index contributed by atoms with van der Waals surface area (Å²) < 4.78 is 0. The molecule has 0 aliphatic rings. The van der Waals surface area contributed by atoms with Gasteiger partial charge in [0.05, 0.1) is 6.10 Å². The van der Waals surface area contributed by atoms with Gasteiger partial charge < -0.3 is 21.1 Å². The maximum absolute atomic E-state index is 10.0. The normalized spacial score (nSPS) is 14.7. The van der Waals surface area contributed by atoms with E-state index >= 15 is 0 Å². The van der Waals surface area contributed by atoms with Gasteiger partial charge in [0.1, 0.15) is 11.5 Å². The largest absolute Gasteiger partial charge is 0.508 e. The number of phenols is 2. The molecule has 0 unspecified atom stereocenters. The Hall–Kier alpha value is -0.970. The first-order valence-electron chi connectivity index (χ1n) is 5.67. The maximum atomic E-state index is 10.0. The van der Waals surface area contributed by atoms with Crippen LogP contribution in [0.3, 0.4) is 0 Å². The van der Waals surface area contributed by atoms with Crippen molar-refractivity contribution in [3.63, 3.8) is 0 Å². The lowest BCUT2D eigenvalue weighted by Crippen LogP contribution is -2.36. The molecule has 0 heterocycles. The minimum Gasteiger partial charge on any atom is -0.508 e. The van der Waals surface area contributed by atoms with Gasteiger partial charge in [0.25, 0.3) is 0 Å². The van der Waals surface area contributed by atoms with Crippen molar-refractivity contribution in [3.05, 3.63) is 23.8 Å². The molecule has 0 radical (unpaired) electrons. The molecule has 0 aliphatic heterocycles. The van der Waals surface area contributed by atoms with Crippen LogP contribution in [0.2, 0.25) is 0 Å². The Labute approximate surface area is 114 Å². The SMILES string of the molecule is CC(C)(C)[C@H](N)C[C@H](O)c1ccc(O)cc1O.Cl. The molecule has 0 aliphatic carbocycles. The van der Waals surface area contributed by atoms with E-state index in [0.717, 1.165) is 0 Å². The zero-order valence-corrected chi connectivity index (χ0v) is 11.7. The van der Waals surface area contributed by atoms with Gasteiger partial charge >= 0.3 is 0 Å². The molecule has 4 nitrogen and oxygen atoms in total. The number of halogens is 1. The van der Waals surface area contributed by atoms with Crippen LogP contribution in [0.1, 0.15) is 38.9 Å². The van der Waals surface area contributed by atoms with Gasteiger partial charge in [0.2, 0.25) is 0 Å². The Bertz CT molecular complexity index is 390. The van der Waals surface area contributed by atoms with Crippen molar-refractivity contribution in [3.8, 4) is 11.5 Å². The Morgan fingerprint density at radius 2 is 1.78 bits per heavy atom. The summed E-state index contributed by atoms with van der Waals surface area (Å²) in [7, 11) is 0. The van der Waals surface area contributed by atoms with Gasteiger partial charge in [-0.3, -0.25) is 0 Å². The number of benzene rings is 1. The van der Waals surface area contributed by atoms with Gasteiger partial charge in [-0.1, -0.05) is 20.8 Å². The van der Waals surface area contributed by atoms with Crippen molar-refractivity contribution >= 4 is 12.4 Å². The van der Waals surface area contributed by atoms with E-state index in [0.29, 0.717) is 12.0 Å². The molecule has 1 aromatic carbocycles. The number of phenolic OH excluding ortho intramolecular Hbond substituents is 2. The minimum absolute atomic E-state index is 0. The highest BCUT2D eigenvalue weighted by Gasteiger charge is 2.25. The Morgan fingerprint density at radius 3 is 2.22 bits per heavy atom. The van der Waals surface area contributed by atoms with Crippen LogP contribution in [-0.4, -0.2) is 21.4 Å². The maximum Gasteiger partial charge on any atom is 0.125 e. The molecule has 104 valence electrons. The van der Waals surface area contributed by atoms with Crippen molar-refractivity contribution in [1.29, 1.82) is 0 Å². The smallest absolute Gasteiger partial charge is 0.125 e. The zero-order valence-electron chi connectivity index (χ0n) is 10.9. The fourth-order valence-corrected chi connectivity index (χ4v) is 1.53. The van der Waals surface area contributed by atoms with Gasteiger partial charge in [0.15, 0.2) is 0 Å². The molecule has 18 heavy (non-hydrogen) atoms. The number of aromatic hydroxyl groups is 2. The summed E-state index contributed by atoms with van der Waals surface area (Å²) in [5.74, 6) is -0.142. The van der Waals surface area contributed by atoms with Gasteiger partial charge in [0, 0.05) is 17.7 Å². The third-order valence-corrected chi connectivity index (χ3v) is 2.96. The second kappa shape index (κ2) is 6.27. The van der Waals surface area contributed by atoms with E-state index in [4.69, 9.17) is 10.8 Å². The summed E-state index contributed by atoms with van der Waals surface area (Å²) in [6.45, 7) is 6.00. The molecule has 5 heteroatoms. The highest BCUT2D eigenvalue weighted by Crippen LogP contribution is 2.32. The molecule has 1 aromatic rings. The first kappa shape index (κ1) is 17.0. The molecule has 5 N–H and O–H groups in total. The van der Waals surface area contributed by atoms with Crippen LogP contribution in [-0.2, 0) is 0 Å². The van der Waals surface area contributed by atoms with E-state index in [-0.39, 0.29) is 35.4 Å². The van der Waals surface area contributed by atoms with Crippen LogP contribution in [0.25, 0.3) is 0 Å². The standard InChI is InChI=1S/C13H21NO3.ClH/c1-13(2,3)12(14)7-11(17)9-5-4-8(15)6-10(9)16;/h4-6,11-12,15-17H,7,14H2,1-3H3;1H/t11-,12+;/m0./s1. The second-order valence-corrected chi connectivity index (χ2v) is 5.47. The molecule has 0 saturated carbocycles.